The highest BCUT2D eigenvalue weighted by Crippen LogP contribution is 2.40. The molecule has 0 aromatic heterocycles. The Morgan fingerprint density at radius 3 is 2.50 bits per heavy atom. The molecule has 38 heavy (non-hydrogen) atoms. The molecule has 2 fully saturated rings. The lowest BCUT2D eigenvalue weighted by molar-refractivity contribution is -0.134. The average Bonchev–Trinajstić information content (AvgIpc) is 3.12. The Labute approximate surface area is 227 Å². The first-order valence-electron chi connectivity index (χ1n) is 14.7. The number of rotatable bonds is 8. The maximum atomic E-state index is 13.5. The number of benzene rings is 2. The van der Waals surface area contributed by atoms with Crippen LogP contribution in [0.25, 0.3) is 11.1 Å². The van der Waals surface area contributed by atoms with Crippen molar-refractivity contribution in [3.8, 4) is 11.1 Å². The maximum absolute atomic E-state index is 13.5. The Morgan fingerprint density at radius 2 is 1.71 bits per heavy atom. The molecule has 2 amide bonds. The summed E-state index contributed by atoms with van der Waals surface area (Å²) in [5.41, 5.74) is 6.10. The molecule has 2 aromatic carbocycles. The predicted molar refractivity (Wildman–Crippen MR) is 152 cm³/mol. The molecule has 2 N–H and O–H groups in total. The molecule has 0 bridgehead atoms. The Morgan fingerprint density at radius 1 is 0.947 bits per heavy atom. The van der Waals surface area contributed by atoms with Crippen molar-refractivity contribution in [3.05, 3.63) is 53.6 Å². The van der Waals surface area contributed by atoms with E-state index in [1.165, 1.54) is 22.3 Å². The average molecular weight is 518 g/mol. The Balaban J connectivity index is 1.22. The zero-order chi connectivity index (χ0) is 26.3. The van der Waals surface area contributed by atoms with Crippen LogP contribution in [-0.2, 0) is 20.7 Å². The largest absolute Gasteiger partial charge is 0.379 e. The number of aryl methyl sites for hydroxylation is 1. The molecule has 2 aromatic rings. The zero-order valence-corrected chi connectivity index (χ0v) is 22.8. The summed E-state index contributed by atoms with van der Waals surface area (Å²) < 4.78 is 5.41. The monoisotopic (exact) mass is 517 g/mol. The Kier molecular flexibility index (Phi) is 9.13. The van der Waals surface area contributed by atoms with Crippen molar-refractivity contribution in [2.24, 2.45) is 11.8 Å². The van der Waals surface area contributed by atoms with Gasteiger partial charge >= 0.3 is 0 Å². The summed E-state index contributed by atoms with van der Waals surface area (Å²) in [5.74, 6) is 0.0457. The van der Waals surface area contributed by atoms with Crippen LogP contribution in [0.5, 0.6) is 0 Å². The summed E-state index contributed by atoms with van der Waals surface area (Å²) in [4.78, 5) is 29.0. The fraction of sp³-hybridized carbons (Fsp3) is 0.562. The molecule has 1 saturated heterocycles. The third kappa shape index (κ3) is 6.29. The molecule has 3 unspecified atom stereocenters. The lowest BCUT2D eigenvalue weighted by Crippen LogP contribution is -2.42. The van der Waals surface area contributed by atoms with Crippen LogP contribution >= 0.6 is 0 Å². The number of carbonyl (C=O) groups is 2. The molecule has 6 nitrogen and oxygen atoms in total. The lowest BCUT2D eigenvalue weighted by atomic mass is 9.78. The van der Waals surface area contributed by atoms with Gasteiger partial charge in [0.15, 0.2) is 0 Å². The van der Waals surface area contributed by atoms with Gasteiger partial charge in [-0.2, -0.15) is 0 Å². The third-order valence-electron chi connectivity index (χ3n) is 8.82. The standard InChI is InChI=1S/C32H43N3O3/c1-2-23-12-13-24-14-15-25(22-30(24)27-9-4-3-8-26(23)27)34-32(37)29-11-6-5-10-28(29)31(36)33-16-7-17-35-18-20-38-21-19-35/h3-4,8-9,14-15,22-23,28-29H,2,5-7,10-13,16-21H2,1H3,(H,33,36)(H,34,37). The van der Waals surface area contributed by atoms with Gasteiger partial charge < -0.3 is 15.4 Å². The van der Waals surface area contributed by atoms with E-state index >= 15 is 0 Å². The second-order valence-electron chi connectivity index (χ2n) is 11.2. The molecule has 3 atom stereocenters. The van der Waals surface area contributed by atoms with E-state index < -0.39 is 0 Å². The normalized spacial score (nSPS) is 23.6. The van der Waals surface area contributed by atoms with Gasteiger partial charge in [0.1, 0.15) is 0 Å². The van der Waals surface area contributed by atoms with Crippen LogP contribution in [0.3, 0.4) is 0 Å². The fourth-order valence-electron chi connectivity index (χ4n) is 6.59. The van der Waals surface area contributed by atoms with E-state index in [2.05, 4.69) is 58.9 Å². The van der Waals surface area contributed by atoms with Gasteiger partial charge in [-0.1, -0.05) is 50.1 Å². The Bertz CT molecular complexity index is 1110. The van der Waals surface area contributed by atoms with Crippen molar-refractivity contribution in [2.75, 3.05) is 44.7 Å². The van der Waals surface area contributed by atoms with E-state index in [0.29, 0.717) is 12.5 Å². The van der Waals surface area contributed by atoms with Crippen molar-refractivity contribution in [1.29, 1.82) is 0 Å². The number of nitrogens with zero attached hydrogens (tertiary/aromatic N) is 1. The van der Waals surface area contributed by atoms with E-state index in [1.807, 2.05) is 6.07 Å². The molecule has 1 saturated carbocycles. The number of nitrogens with one attached hydrogen (secondary N) is 2. The highest BCUT2D eigenvalue weighted by atomic mass is 16.5. The second-order valence-corrected chi connectivity index (χ2v) is 11.2. The second kappa shape index (κ2) is 12.9. The number of carbonyl (C=O) groups excluding carboxylic acids is 2. The number of anilines is 1. The van der Waals surface area contributed by atoms with Crippen LogP contribution in [0.1, 0.15) is 68.9 Å². The van der Waals surface area contributed by atoms with Gasteiger partial charge in [0.05, 0.1) is 13.2 Å². The summed E-state index contributed by atoms with van der Waals surface area (Å²) in [6, 6.07) is 15.1. The van der Waals surface area contributed by atoms with Gasteiger partial charge in [0.2, 0.25) is 11.8 Å². The summed E-state index contributed by atoms with van der Waals surface area (Å²) in [5, 5.41) is 6.33. The summed E-state index contributed by atoms with van der Waals surface area (Å²) in [7, 11) is 0. The first kappa shape index (κ1) is 26.9. The Hall–Kier alpha value is -2.70. The van der Waals surface area contributed by atoms with Gasteiger partial charge in [-0.25, -0.2) is 0 Å². The SMILES string of the molecule is CCC1CCc2ccc(NC(=O)C3CCCCC3C(=O)NCCCN3CCOCC3)cc2-c2ccccc21. The summed E-state index contributed by atoms with van der Waals surface area (Å²) in [6.07, 6.45) is 7.80. The molecule has 3 aliphatic rings. The first-order chi connectivity index (χ1) is 18.6. The van der Waals surface area contributed by atoms with E-state index in [4.69, 9.17) is 4.74 Å². The molecule has 1 heterocycles. The van der Waals surface area contributed by atoms with Crippen LogP contribution < -0.4 is 10.6 Å². The van der Waals surface area contributed by atoms with Crippen LogP contribution in [0.2, 0.25) is 0 Å². The number of amides is 2. The van der Waals surface area contributed by atoms with Gasteiger partial charge in [-0.05, 0) is 85.4 Å². The van der Waals surface area contributed by atoms with Crippen molar-refractivity contribution in [2.45, 2.75) is 64.2 Å². The van der Waals surface area contributed by atoms with Gasteiger partial charge in [-0.15, -0.1) is 0 Å². The van der Waals surface area contributed by atoms with Gasteiger partial charge in [0, 0.05) is 37.2 Å². The van der Waals surface area contributed by atoms with E-state index in [9.17, 15) is 9.59 Å². The molecular formula is C32H43N3O3. The van der Waals surface area contributed by atoms with E-state index in [-0.39, 0.29) is 23.7 Å². The quantitative estimate of drug-likeness (QED) is 0.462. The highest BCUT2D eigenvalue weighted by Gasteiger charge is 2.35. The number of fused-ring (bicyclic) bond motifs is 3. The van der Waals surface area contributed by atoms with E-state index in [0.717, 1.165) is 89.9 Å². The minimum absolute atomic E-state index is 0.0218. The summed E-state index contributed by atoms with van der Waals surface area (Å²) >= 11 is 0. The number of hydrogen-bond acceptors (Lipinski definition) is 4. The lowest BCUT2D eigenvalue weighted by Gasteiger charge is -2.30. The zero-order valence-electron chi connectivity index (χ0n) is 22.8. The van der Waals surface area contributed by atoms with Gasteiger partial charge in [0.25, 0.3) is 0 Å². The van der Waals surface area contributed by atoms with Crippen LogP contribution in [0.15, 0.2) is 42.5 Å². The summed E-state index contributed by atoms with van der Waals surface area (Å²) in [6.45, 7) is 7.41. The predicted octanol–water partition coefficient (Wildman–Crippen LogP) is 5.38. The molecule has 0 radical (unpaired) electrons. The molecule has 2 aliphatic carbocycles. The fourth-order valence-corrected chi connectivity index (χ4v) is 6.59. The topological polar surface area (TPSA) is 70.7 Å². The highest BCUT2D eigenvalue weighted by molar-refractivity contribution is 5.97. The van der Waals surface area contributed by atoms with Crippen molar-refractivity contribution < 1.29 is 14.3 Å². The maximum Gasteiger partial charge on any atom is 0.228 e. The van der Waals surface area contributed by atoms with Gasteiger partial charge in [-0.3, -0.25) is 14.5 Å². The number of morpholine rings is 1. The smallest absolute Gasteiger partial charge is 0.228 e. The number of ether oxygens (including phenoxy) is 1. The van der Waals surface area contributed by atoms with Crippen molar-refractivity contribution >= 4 is 17.5 Å². The molecule has 1 aliphatic heterocycles. The molecule has 0 spiro atoms. The van der Waals surface area contributed by atoms with Crippen molar-refractivity contribution in [3.63, 3.8) is 0 Å². The molecule has 6 heteroatoms. The number of hydrogen-bond donors (Lipinski definition) is 2. The minimum atomic E-state index is -0.279. The van der Waals surface area contributed by atoms with Crippen LogP contribution in [0.4, 0.5) is 5.69 Å². The molecule has 204 valence electrons. The molecule has 5 rings (SSSR count). The van der Waals surface area contributed by atoms with Crippen LogP contribution in [-0.4, -0.2) is 56.1 Å². The van der Waals surface area contributed by atoms with E-state index in [1.54, 1.807) is 0 Å². The minimum Gasteiger partial charge on any atom is -0.379 e. The van der Waals surface area contributed by atoms with Crippen molar-refractivity contribution in [1.82, 2.24) is 10.2 Å². The van der Waals surface area contributed by atoms with Crippen LogP contribution in [0, 0.1) is 11.8 Å². The first-order valence-corrected chi connectivity index (χ1v) is 14.7. The molecular weight excluding hydrogens is 474 g/mol. The third-order valence-corrected chi connectivity index (χ3v) is 8.82.